The zero-order valence-corrected chi connectivity index (χ0v) is 17.9. The second-order valence-electron chi connectivity index (χ2n) is 6.57. The predicted octanol–water partition coefficient (Wildman–Crippen LogP) is 4.48. The molecule has 2 amide bonds. The molecule has 1 N–H and O–H groups in total. The number of carbonyl (C=O) groups excluding carboxylic acids is 2. The zero-order valence-electron chi connectivity index (χ0n) is 16.3. The summed E-state index contributed by atoms with van der Waals surface area (Å²) in [4.78, 5) is 31.5. The lowest BCUT2D eigenvalue weighted by Gasteiger charge is -2.16. The van der Waals surface area contributed by atoms with Gasteiger partial charge >= 0.3 is 0 Å². The number of aliphatic imine (C=N–C) groups is 1. The number of carbonyl (C=O) groups is 2. The topological polar surface area (TPSA) is 71.0 Å². The minimum absolute atomic E-state index is 0.0126. The first-order valence-corrected chi connectivity index (χ1v) is 10.6. The molecule has 0 saturated carbocycles. The Balaban J connectivity index is 1.71. The second kappa shape index (κ2) is 10.6. The van der Waals surface area contributed by atoms with Crippen molar-refractivity contribution in [3.63, 3.8) is 0 Å². The molecule has 6 nitrogen and oxygen atoms in total. The van der Waals surface area contributed by atoms with Crippen LogP contribution < -0.4 is 5.32 Å². The van der Waals surface area contributed by atoms with E-state index in [4.69, 9.17) is 16.3 Å². The fourth-order valence-electron chi connectivity index (χ4n) is 2.84. The number of thioether (sulfide) groups is 1. The van der Waals surface area contributed by atoms with Crippen LogP contribution in [0.5, 0.6) is 0 Å². The van der Waals surface area contributed by atoms with Crippen LogP contribution in [0, 0.1) is 5.82 Å². The van der Waals surface area contributed by atoms with Gasteiger partial charge in [0.25, 0.3) is 0 Å². The Bertz CT molecular complexity index is 922. The number of halogens is 2. The monoisotopic (exact) mass is 449 g/mol. The molecule has 1 atom stereocenters. The SMILES string of the molecule is COCCCN1C(=O)[C@H](CC(=O)Nc2ccc(F)cc2)SC1=Nc1ccc(Cl)cc1. The summed E-state index contributed by atoms with van der Waals surface area (Å²) in [5.41, 5.74) is 1.15. The van der Waals surface area contributed by atoms with Crippen LogP contribution in [-0.2, 0) is 14.3 Å². The van der Waals surface area contributed by atoms with Crippen molar-refractivity contribution in [2.24, 2.45) is 4.99 Å². The van der Waals surface area contributed by atoms with E-state index in [0.29, 0.717) is 41.1 Å². The maximum atomic E-state index is 13.0. The smallest absolute Gasteiger partial charge is 0.242 e. The first kappa shape index (κ1) is 22.3. The molecule has 1 aliphatic heterocycles. The Morgan fingerprint density at radius 2 is 1.93 bits per heavy atom. The van der Waals surface area contributed by atoms with E-state index in [2.05, 4.69) is 10.3 Å². The number of ether oxygens (including phenoxy) is 1. The summed E-state index contributed by atoms with van der Waals surface area (Å²) in [5.74, 6) is -0.876. The Labute approximate surface area is 183 Å². The molecule has 2 aromatic carbocycles. The van der Waals surface area contributed by atoms with Crippen LogP contribution in [0.4, 0.5) is 15.8 Å². The van der Waals surface area contributed by atoms with Gasteiger partial charge in [0.15, 0.2) is 5.17 Å². The molecule has 158 valence electrons. The van der Waals surface area contributed by atoms with Gasteiger partial charge in [-0.25, -0.2) is 9.38 Å². The van der Waals surface area contributed by atoms with E-state index in [1.165, 1.54) is 36.0 Å². The van der Waals surface area contributed by atoms with Gasteiger partial charge in [0.2, 0.25) is 11.8 Å². The summed E-state index contributed by atoms with van der Waals surface area (Å²) in [6.07, 6.45) is 0.637. The average molecular weight is 450 g/mol. The maximum Gasteiger partial charge on any atom is 0.242 e. The van der Waals surface area contributed by atoms with E-state index < -0.39 is 5.25 Å². The highest BCUT2D eigenvalue weighted by molar-refractivity contribution is 8.15. The summed E-state index contributed by atoms with van der Waals surface area (Å²) in [7, 11) is 1.60. The highest BCUT2D eigenvalue weighted by atomic mass is 35.5. The highest BCUT2D eigenvalue weighted by Crippen LogP contribution is 2.32. The molecule has 0 radical (unpaired) electrons. The van der Waals surface area contributed by atoms with E-state index in [-0.39, 0.29) is 24.1 Å². The molecule has 0 aliphatic carbocycles. The number of benzene rings is 2. The van der Waals surface area contributed by atoms with E-state index in [1.807, 2.05) is 0 Å². The minimum Gasteiger partial charge on any atom is -0.385 e. The number of anilines is 1. The molecule has 1 fully saturated rings. The maximum absolute atomic E-state index is 13.0. The van der Waals surface area contributed by atoms with Crippen LogP contribution in [-0.4, -0.2) is 47.4 Å². The van der Waals surface area contributed by atoms with Crippen molar-refractivity contribution >= 4 is 51.7 Å². The Kier molecular flexibility index (Phi) is 7.84. The zero-order chi connectivity index (χ0) is 21.5. The van der Waals surface area contributed by atoms with E-state index in [9.17, 15) is 14.0 Å². The minimum atomic E-state index is -0.584. The van der Waals surface area contributed by atoms with Gasteiger partial charge in [0, 0.05) is 37.4 Å². The first-order chi connectivity index (χ1) is 14.5. The van der Waals surface area contributed by atoms with E-state index >= 15 is 0 Å². The number of nitrogens with one attached hydrogen (secondary N) is 1. The molecule has 9 heteroatoms. The summed E-state index contributed by atoms with van der Waals surface area (Å²) in [6.45, 7) is 0.959. The van der Waals surface area contributed by atoms with Gasteiger partial charge in [0.05, 0.1) is 5.69 Å². The third-order valence-electron chi connectivity index (χ3n) is 4.30. The number of amides is 2. The van der Waals surface area contributed by atoms with Gasteiger partial charge in [0.1, 0.15) is 11.1 Å². The summed E-state index contributed by atoms with van der Waals surface area (Å²) in [6, 6.07) is 12.5. The molecule has 1 saturated heterocycles. The molecule has 1 aliphatic rings. The lowest BCUT2D eigenvalue weighted by atomic mass is 10.2. The number of methoxy groups -OCH3 is 1. The molecule has 3 rings (SSSR count). The van der Waals surface area contributed by atoms with Gasteiger partial charge in [-0.05, 0) is 55.0 Å². The standard InChI is InChI=1S/C21H21ClFN3O3S/c1-29-12-2-11-26-20(28)18(13-19(27)24-16-9-5-15(23)6-10-16)30-21(26)25-17-7-3-14(22)4-8-17/h3-10,18H,2,11-13H2,1H3,(H,24,27)/t18-/m0/s1. The molecular weight excluding hydrogens is 429 g/mol. The predicted molar refractivity (Wildman–Crippen MR) is 118 cm³/mol. The van der Waals surface area contributed by atoms with Crippen molar-refractivity contribution in [3.05, 3.63) is 59.4 Å². The molecule has 0 bridgehead atoms. The number of hydrogen-bond acceptors (Lipinski definition) is 5. The number of nitrogens with zero attached hydrogens (tertiary/aromatic N) is 2. The van der Waals surface area contributed by atoms with Crippen molar-refractivity contribution in [2.75, 3.05) is 25.6 Å². The largest absolute Gasteiger partial charge is 0.385 e. The second-order valence-corrected chi connectivity index (χ2v) is 8.18. The van der Waals surface area contributed by atoms with Gasteiger partial charge in [-0.2, -0.15) is 0 Å². The fraction of sp³-hybridized carbons (Fsp3) is 0.286. The molecule has 0 unspecified atom stereocenters. The number of rotatable bonds is 8. The average Bonchev–Trinajstić information content (AvgIpc) is 3.00. The van der Waals surface area contributed by atoms with Crippen molar-refractivity contribution in [2.45, 2.75) is 18.1 Å². The third-order valence-corrected chi connectivity index (χ3v) is 5.73. The highest BCUT2D eigenvalue weighted by Gasteiger charge is 2.38. The van der Waals surface area contributed by atoms with Gasteiger partial charge in [-0.3, -0.25) is 14.5 Å². The number of amidine groups is 1. The van der Waals surface area contributed by atoms with E-state index in [0.717, 1.165) is 0 Å². The molecule has 0 aromatic heterocycles. The van der Waals surface area contributed by atoms with Gasteiger partial charge < -0.3 is 10.1 Å². The Morgan fingerprint density at radius 3 is 2.60 bits per heavy atom. The lowest BCUT2D eigenvalue weighted by molar-refractivity contribution is -0.128. The third kappa shape index (κ3) is 6.04. The number of hydrogen-bond donors (Lipinski definition) is 1. The molecular formula is C21H21ClFN3O3S. The van der Waals surface area contributed by atoms with Crippen molar-refractivity contribution in [1.29, 1.82) is 0 Å². The van der Waals surface area contributed by atoms with E-state index in [1.54, 1.807) is 36.3 Å². The van der Waals surface area contributed by atoms with Crippen molar-refractivity contribution in [3.8, 4) is 0 Å². The van der Waals surface area contributed by atoms with Crippen LogP contribution in [0.2, 0.25) is 5.02 Å². The molecule has 2 aromatic rings. The normalized spacial score (nSPS) is 17.6. The quantitative estimate of drug-likeness (QED) is 0.603. The van der Waals surface area contributed by atoms with Crippen LogP contribution in [0.25, 0.3) is 0 Å². The van der Waals surface area contributed by atoms with Crippen LogP contribution in [0.1, 0.15) is 12.8 Å². The lowest BCUT2D eigenvalue weighted by Crippen LogP contribution is -2.34. The van der Waals surface area contributed by atoms with Gasteiger partial charge in [-0.15, -0.1) is 0 Å². The molecule has 1 heterocycles. The van der Waals surface area contributed by atoms with Crippen LogP contribution >= 0.6 is 23.4 Å². The summed E-state index contributed by atoms with van der Waals surface area (Å²) in [5, 5.41) is 3.24. The fourth-order valence-corrected chi connectivity index (χ4v) is 4.15. The molecule has 30 heavy (non-hydrogen) atoms. The Hall–Kier alpha value is -2.42. The first-order valence-electron chi connectivity index (χ1n) is 9.33. The van der Waals surface area contributed by atoms with Crippen molar-refractivity contribution < 1.29 is 18.7 Å². The summed E-state index contributed by atoms with van der Waals surface area (Å²) < 4.78 is 18.1. The van der Waals surface area contributed by atoms with Crippen LogP contribution in [0.3, 0.4) is 0 Å². The van der Waals surface area contributed by atoms with Crippen molar-refractivity contribution in [1.82, 2.24) is 4.90 Å². The molecule has 0 spiro atoms. The van der Waals surface area contributed by atoms with Crippen LogP contribution in [0.15, 0.2) is 53.5 Å². The van der Waals surface area contributed by atoms with Gasteiger partial charge in [-0.1, -0.05) is 23.4 Å². The summed E-state index contributed by atoms with van der Waals surface area (Å²) >= 11 is 7.18. The Morgan fingerprint density at radius 1 is 1.23 bits per heavy atom.